The minimum absolute atomic E-state index is 0.479. The van der Waals surface area contributed by atoms with Gasteiger partial charge in [-0.05, 0) is 98.2 Å². The maximum Gasteiger partial charge on any atom is 0.0249 e. The van der Waals surface area contributed by atoms with Crippen molar-refractivity contribution in [2.75, 3.05) is 0 Å². The van der Waals surface area contributed by atoms with E-state index in [1.54, 1.807) is 0 Å². The van der Waals surface area contributed by atoms with Crippen LogP contribution >= 0.6 is 0 Å². The Balaban J connectivity index is 1.28. The molecule has 0 heteroatoms. The molecule has 1 aliphatic rings. The molecule has 0 aliphatic heterocycles. The molecule has 1 aliphatic carbocycles. The van der Waals surface area contributed by atoms with Gasteiger partial charge in [0.25, 0.3) is 0 Å². The molecule has 3 aromatic rings. The molecule has 0 heterocycles. The average Bonchev–Trinajstić information content (AvgIpc) is 2.91. The Morgan fingerprint density at radius 3 is 1.09 bits per heavy atom. The lowest BCUT2D eigenvalue weighted by Gasteiger charge is -2.21. The summed E-state index contributed by atoms with van der Waals surface area (Å²) in [5.41, 5.74) is 6.97. The molecule has 0 saturated heterocycles. The van der Waals surface area contributed by atoms with Crippen LogP contribution in [0.1, 0.15) is 72.9 Å². The van der Waals surface area contributed by atoms with Gasteiger partial charge in [0.15, 0.2) is 0 Å². The maximum absolute atomic E-state index is 3.50. The molecule has 0 aromatic heterocycles. The molecule has 168 valence electrons. The van der Waals surface area contributed by atoms with Crippen molar-refractivity contribution in [3.8, 4) is 35.5 Å². The van der Waals surface area contributed by atoms with Crippen molar-refractivity contribution in [1.29, 1.82) is 0 Å². The first-order valence-electron chi connectivity index (χ1n) is 12.5. The van der Waals surface area contributed by atoms with E-state index in [-0.39, 0.29) is 0 Å². The zero-order chi connectivity index (χ0) is 23.6. The summed E-state index contributed by atoms with van der Waals surface area (Å²) in [4.78, 5) is 0. The van der Waals surface area contributed by atoms with Crippen LogP contribution in [0.4, 0.5) is 0 Å². The van der Waals surface area contributed by atoms with Crippen LogP contribution in [-0.2, 0) is 12.8 Å². The largest absolute Gasteiger partial charge is 0.0945 e. The Morgan fingerprint density at radius 2 is 0.765 bits per heavy atom. The van der Waals surface area contributed by atoms with Crippen LogP contribution in [0.25, 0.3) is 0 Å². The van der Waals surface area contributed by atoms with Crippen molar-refractivity contribution in [3.05, 3.63) is 106 Å². The molecule has 0 nitrogen and oxygen atoms in total. The molecule has 4 rings (SSSR count). The molecule has 0 bridgehead atoms. The highest BCUT2D eigenvalue weighted by Gasteiger charge is 2.18. The van der Waals surface area contributed by atoms with Crippen LogP contribution in [0.15, 0.2) is 72.8 Å². The second kappa shape index (κ2) is 12.0. The number of rotatable bonds is 2. The topological polar surface area (TPSA) is 0 Å². The lowest BCUT2D eigenvalue weighted by Crippen LogP contribution is -2.11. The van der Waals surface area contributed by atoms with Gasteiger partial charge in [-0.15, -0.1) is 0 Å². The smallest absolute Gasteiger partial charge is 0.0249 e. The zero-order valence-electron chi connectivity index (χ0n) is 20.3. The number of hydrogen-bond donors (Lipinski definition) is 0. The summed E-state index contributed by atoms with van der Waals surface area (Å²) >= 11 is 0. The highest BCUT2D eigenvalue weighted by molar-refractivity contribution is 5.46. The third kappa shape index (κ3) is 6.92. The molecule has 0 atom stereocenters. The summed E-state index contributed by atoms with van der Waals surface area (Å²) in [6, 6.07) is 25.4. The van der Waals surface area contributed by atoms with Crippen LogP contribution in [-0.4, -0.2) is 0 Å². The minimum Gasteiger partial charge on any atom is -0.0945 e. The first kappa shape index (κ1) is 23.5. The van der Waals surface area contributed by atoms with Gasteiger partial charge >= 0.3 is 0 Å². The maximum atomic E-state index is 3.50. The van der Waals surface area contributed by atoms with Crippen LogP contribution in [0, 0.1) is 47.4 Å². The SMILES string of the molecule is CCc1ccc(C#Cc2ccc(C#CC3CCC(C#Cc4ccc(CC)cc4)CC3)cc2)cc1. The Morgan fingerprint density at radius 1 is 0.471 bits per heavy atom. The Bertz CT molecular complexity index is 1250. The van der Waals surface area contributed by atoms with Crippen molar-refractivity contribution < 1.29 is 0 Å². The fraction of sp³-hybridized carbons (Fsp3) is 0.294. The van der Waals surface area contributed by atoms with E-state index in [0.29, 0.717) is 11.8 Å². The molecule has 0 N–H and O–H groups in total. The summed E-state index contributed by atoms with van der Waals surface area (Å²) < 4.78 is 0. The molecule has 1 saturated carbocycles. The summed E-state index contributed by atoms with van der Waals surface area (Å²) in [6.45, 7) is 4.35. The predicted molar refractivity (Wildman–Crippen MR) is 143 cm³/mol. The van der Waals surface area contributed by atoms with Crippen LogP contribution in [0.5, 0.6) is 0 Å². The van der Waals surface area contributed by atoms with Crippen LogP contribution < -0.4 is 0 Å². The minimum atomic E-state index is 0.479. The van der Waals surface area contributed by atoms with Crippen LogP contribution in [0.3, 0.4) is 0 Å². The normalized spacial score (nSPS) is 16.8. The highest BCUT2D eigenvalue weighted by Crippen LogP contribution is 2.28. The average molecular weight is 441 g/mol. The van der Waals surface area contributed by atoms with Gasteiger partial charge in [0, 0.05) is 34.1 Å². The van der Waals surface area contributed by atoms with E-state index < -0.39 is 0 Å². The standard InChI is InChI=1S/C34H32/c1-3-27-5-9-29(10-6-27)13-15-31-17-21-33(22-18-31)25-26-34-23-19-32(20-24-34)16-14-30-11-7-28(4-2)8-12-30/h5-12,17-18,21-22,32,34H,3-4,19-20,23-24H2,1-2H3. The summed E-state index contributed by atoms with van der Waals surface area (Å²) in [7, 11) is 0. The van der Waals surface area contributed by atoms with Crippen molar-refractivity contribution >= 4 is 0 Å². The Labute approximate surface area is 205 Å². The van der Waals surface area contributed by atoms with Gasteiger partial charge in [0.05, 0.1) is 0 Å². The zero-order valence-corrected chi connectivity index (χ0v) is 20.3. The second-order valence-corrected chi connectivity index (χ2v) is 9.02. The highest BCUT2D eigenvalue weighted by atomic mass is 14.2. The summed E-state index contributed by atoms with van der Waals surface area (Å²) in [6.07, 6.45) is 6.70. The van der Waals surface area contributed by atoms with Gasteiger partial charge in [-0.3, -0.25) is 0 Å². The lowest BCUT2D eigenvalue weighted by molar-refractivity contribution is 0.373. The number of hydrogen-bond acceptors (Lipinski definition) is 0. The second-order valence-electron chi connectivity index (χ2n) is 9.02. The molecule has 0 spiro atoms. The Hall–Kier alpha value is -3.66. The molecule has 0 radical (unpaired) electrons. The molecular formula is C34H32. The molecule has 0 amide bonds. The van der Waals surface area contributed by atoms with E-state index in [1.165, 1.54) is 11.1 Å². The summed E-state index contributed by atoms with van der Waals surface area (Å²) in [5, 5.41) is 0. The third-order valence-corrected chi connectivity index (χ3v) is 6.53. The summed E-state index contributed by atoms with van der Waals surface area (Å²) in [5.74, 6) is 21.2. The van der Waals surface area contributed by atoms with Gasteiger partial charge in [-0.25, -0.2) is 0 Å². The molecule has 1 fully saturated rings. The van der Waals surface area contributed by atoms with Crippen molar-refractivity contribution in [1.82, 2.24) is 0 Å². The van der Waals surface area contributed by atoms with E-state index in [4.69, 9.17) is 0 Å². The first-order valence-corrected chi connectivity index (χ1v) is 12.5. The van der Waals surface area contributed by atoms with Crippen molar-refractivity contribution in [3.63, 3.8) is 0 Å². The van der Waals surface area contributed by atoms with E-state index in [2.05, 4.69) is 122 Å². The van der Waals surface area contributed by atoms with Gasteiger partial charge in [-0.2, -0.15) is 0 Å². The van der Waals surface area contributed by atoms with E-state index in [9.17, 15) is 0 Å². The van der Waals surface area contributed by atoms with Gasteiger partial charge < -0.3 is 0 Å². The fourth-order valence-corrected chi connectivity index (χ4v) is 4.18. The van der Waals surface area contributed by atoms with Gasteiger partial charge in [0.1, 0.15) is 0 Å². The predicted octanol–water partition coefficient (Wildman–Crippen LogP) is 7.42. The first-order chi connectivity index (χ1) is 16.7. The van der Waals surface area contributed by atoms with E-state index in [0.717, 1.165) is 60.8 Å². The lowest BCUT2D eigenvalue weighted by atomic mass is 9.82. The number of benzene rings is 3. The third-order valence-electron chi connectivity index (χ3n) is 6.53. The molecular weight excluding hydrogens is 408 g/mol. The van der Waals surface area contributed by atoms with E-state index >= 15 is 0 Å². The molecule has 34 heavy (non-hydrogen) atoms. The van der Waals surface area contributed by atoms with Gasteiger partial charge in [0.2, 0.25) is 0 Å². The van der Waals surface area contributed by atoms with Crippen molar-refractivity contribution in [2.24, 2.45) is 11.8 Å². The molecule has 0 unspecified atom stereocenters. The van der Waals surface area contributed by atoms with Crippen LogP contribution in [0.2, 0.25) is 0 Å². The fourth-order valence-electron chi connectivity index (χ4n) is 4.18. The quantitative estimate of drug-likeness (QED) is 0.364. The molecule has 3 aromatic carbocycles. The van der Waals surface area contributed by atoms with Crippen molar-refractivity contribution in [2.45, 2.75) is 52.4 Å². The van der Waals surface area contributed by atoms with Gasteiger partial charge in [-0.1, -0.05) is 73.6 Å². The van der Waals surface area contributed by atoms with E-state index in [1.807, 2.05) is 0 Å². The Kier molecular flexibility index (Phi) is 8.28. The number of aryl methyl sites for hydroxylation is 2. The monoisotopic (exact) mass is 440 g/mol.